The van der Waals surface area contributed by atoms with Crippen molar-refractivity contribution in [2.24, 2.45) is 5.73 Å². The number of nitrogens with zero attached hydrogens (tertiary/aromatic N) is 2. The van der Waals surface area contributed by atoms with E-state index in [1.165, 1.54) is 0 Å². The van der Waals surface area contributed by atoms with Crippen LogP contribution < -0.4 is 5.73 Å². The van der Waals surface area contributed by atoms with Crippen LogP contribution in [0.15, 0.2) is 0 Å². The number of hydrogen-bond acceptors (Lipinski definition) is 3. The van der Waals surface area contributed by atoms with Crippen LogP contribution in [0.2, 0.25) is 0 Å². The molecule has 3 nitrogen and oxygen atoms in total. The van der Waals surface area contributed by atoms with Gasteiger partial charge in [0.1, 0.15) is 0 Å². The Balaban J connectivity index is 4.25. The van der Waals surface area contributed by atoms with Crippen LogP contribution in [-0.2, 0) is 0 Å². The fourth-order valence-corrected chi connectivity index (χ4v) is 2.30. The summed E-state index contributed by atoms with van der Waals surface area (Å²) >= 11 is 0. The van der Waals surface area contributed by atoms with Crippen molar-refractivity contribution in [2.45, 2.75) is 46.1 Å². The van der Waals surface area contributed by atoms with Crippen molar-refractivity contribution in [3.8, 4) is 0 Å². The van der Waals surface area contributed by atoms with Gasteiger partial charge in [0, 0.05) is 25.2 Å². The first-order valence-electron chi connectivity index (χ1n) is 6.73. The fourth-order valence-electron chi connectivity index (χ4n) is 2.30. The average Bonchev–Trinajstić information content (AvgIpc) is 2.33. The molecule has 16 heavy (non-hydrogen) atoms. The Morgan fingerprint density at radius 1 is 0.938 bits per heavy atom. The number of hydrogen-bond donors (Lipinski definition) is 1. The molecular weight excluding hydrogens is 198 g/mol. The molecular formula is C13H31N3. The first-order valence-corrected chi connectivity index (χ1v) is 6.73. The summed E-state index contributed by atoms with van der Waals surface area (Å²) in [6.07, 6.45) is 2.27. The number of likely N-dealkylation sites (N-methyl/N-ethyl adjacent to an activating group) is 2. The third kappa shape index (κ3) is 4.04. The molecule has 0 rings (SSSR count). The predicted octanol–water partition coefficient (Wildman–Crippen LogP) is 1.78. The van der Waals surface area contributed by atoms with Crippen LogP contribution in [-0.4, -0.2) is 55.1 Å². The first kappa shape index (κ1) is 15.9. The molecule has 0 saturated heterocycles. The summed E-state index contributed by atoms with van der Waals surface area (Å²) in [6, 6.07) is 0. The van der Waals surface area contributed by atoms with E-state index in [0.717, 1.165) is 45.6 Å². The Labute approximate surface area is 102 Å². The van der Waals surface area contributed by atoms with E-state index in [1.807, 2.05) is 0 Å². The normalized spacial score (nSPS) is 12.8. The van der Waals surface area contributed by atoms with Crippen molar-refractivity contribution in [3.63, 3.8) is 0 Å². The highest BCUT2D eigenvalue weighted by molar-refractivity contribution is 4.88. The molecule has 0 saturated carbocycles. The molecule has 0 aromatic heterocycles. The lowest BCUT2D eigenvalue weighted by molar-refractivity contribution is 0.101. The van der Waals surface area contributed by atoms with Crippen molar-refractivity contribution >= 4 is 0 Å². The highest BCUT2D eigenvalue weighted by atomic mass is 15.2. The van der Waals surface area contributed by atoms with E-state index in [-0.39, 0.29) is 5.54 Å². The smallest absolute Gasteiger partial charge is 0.0324 e. The van der Waals surface area contributed by atoms with Crippen LogP contribution in [0.1, 0.15) is 40.5 Å². The largest absolute Gasteiger partial charge is 0.329 e. The lowest BCUT2D eigenvalue weighted by Gasteiger charge is -2.41. The Morgan fingerprint density at radius 3 is 1.75 bits per heavy atom. The Hall–Kier alpha value is -0.120. The van der Waals surface area contributed by atoms with E-state index in [9.17, 15) is 0 Å². The second-order valence-corrected chi connectivity index (χ2v) is 4.58. The fraction of sp³-hybridized carbons (Fsp3) is 1.00. The highest BCUT2D eigenvalue weighted by Crippen LogP contribution is 2.20. The lowest BCUT2D eigenvalue weighted by atomic mass is 9.91. The minimum atomic E-state index is 0.202. The van der Waals surface area contributed by atoms with E-state index in [0.29, 0.717) is 0 Å². The van der Waals surface area contributed by atoms with Gasteiger partial charge in [0.2, 0.25) is 0 Å². The average molecular weight is 229 g/mol. The van der Waals surface area contributed by atoms with Crippen molar-refractivity contribution in [1.29, 1.82) is 0 Å². The summed E-state index contributed by atoms with van der Waals surface area (Å²) in [4.78, 5) is 4.91. The van der Waals surface area contributed by atoms with E-state index >= 15 is 0 Å². The van der Waals surface area contributed by atoms with E-state index in [4.69, 9.17) is 5.73 Å². The predicted molar refractivity (Wildman–Crippen MR) is 72.8 cm³/mol. The Morgan fingerprint density at radius 2 is 1.44 bits per heavy atom. The molecule has 0 heterocycles. The first-order chi connectivity index (χ1) is 7.60. The molecule has 0 amide bonds. The van der Waals surface area contributed by atoms with Crippen LogP contribution in [0.5, 0.6) is 0 Å². The summed E-state index contributed by atoms with van der Waals surface area (Å²) in [5.41, 5.74) is 6.15. The topological polar surface area (TPSA) is 32.5 Å². The minimum Gasteiger partial charge on any atom is -0.329 e. The molecule has 0 bridgehead atoms. The molecule has 0 fully saturated rings. The number of nitrogens with two attached hydrogens (primary N) is 1. The van der Waals surface area contributed by atoms with Gasteiger partial charge >= 0.3 is 0 Å². The van der Waals surface area contributed by atoms with Crippen molar-refractivity contribution < 1.29 is 0 Å². The molecule has 0 spiro atoms. The zero-order chi connectivity index (χ0) is 12.6. The molecule has 0 aromatic rings. The van der Waals surface area contributed by atoms with Gasteiger partial charge in [-0.3, -0.25) is 4.90 Å². The maximum Gasteiger partial charge on any atom is 0.0324 e. The third-order valence-electron chi connectivity index (χ3n) is 4.15. The highest BCUT2D eigenvalue weighted by Gasteiger charge is 2.28. The molecule has 0 unspecified atom stereocenters. The molecule has 98 valence electrons. The maximum absolute atomic E-state index is 5.95. The standard InChI is InChI=1S/C13H31N3/c1-6-13(7-2,12-14)15(5)10-11-16(8-3)9-4/h6-12,14H2,1-5H3. The second kappa shape index (κ2) is 8.04. The zero-order valence-corrected chi connectivity index (χ0v) is 11.9. The molecule has 3 heteroatoms. The minimum absolute atomic E-state index is 0.202. The van der Waals surface area contributed by atoms with E-state index < -0.39 is 0 Å². The quantitative estimate of drug-likeness (QED) is 0.654. The molecule has 0 aliphatic rings. The Bertz CT molecular complexity index is 154. The van der Waals surface area contributed by atoms with Crippen LogP contribution in [0.3, 0.4) is 0 Å². The van der Waals surface area contributed by atoms with Gasteiger partial charge in [0.05, 0.1) is 0 Å². The van der Waals surface area contributed by atoms with Crippen LogP contribution in [0, 0.1) is 0 Å². The zero-order valence-electron chi connectivity index (χ0n) is 11.9. The van der Waals surface area contributed by atoms with Gasteiger partial charge in [0.25, 0.3) is 0 Å². The number of rotatable bonds is 9. The van der Waals surface area contributed by atoms with E-state index in [2.05, 4.69) is 44.5 Å². The van der Waals surface area contributed by atoms with Crippen LogP contribution >= 0.6 is 0 Å². The van der Waals surface area contributed by atoms with Gasteiger partial charge in [-0.15, -0.1) is 0 Å². The Kier molecular flexibility index (Phi) is 7.98. The summed E-state index contributed by atoms with van der Waals surface area (Å²) in [7, 11) is 2.21. The van der Waals surface area contributed by atoms with Gasteiger partial charge in [-0.2, -0.15) is 0 Å². The molecule has 0 atom stereocenters. The SMILES string of the molecule is CCN(CC)CCN(C)C(CC)(CC)CN. The summed E-state index contributed by atoms with van der Waals surface area (Å²) in [6.45, 7) is 14.2. The van der Waals surface area contributed by atoms with Gasteiger partial charge < -0.3 is 10.6 Å². The van der Waals surface area contributed by atoms with Crippen molar-refractivity contribution in [1.82, 2.24) is 9.80 Å². The monoisotopic (exact) mass is 229 g/mol. The van der Waals surface area contributed by atoms with Crippen LogP contribution in [0.4, 0.5) is 0 Å². The summed E-state index contributed by atoms with van der Waals surface area (Å²) in [5, 5.41) is 0. The second-order valence-electron chi connectivity index (χ2n) is 4.58. The summed E-state index contributed by atoms with van der Waals surface area (Å²) < 4.78 is 0. The van der Waals surface area contributed by atoms with Gasteiger partial charge in [0.15, 0.2) is 0 Å². The van der Waals surface area contributed by atoms with E-state index in [1.54, 1.807) is 0 Å². The van der Waals surface area contributed by atoms with Crippen LogP contribution in [0.25, 0.3) is 0 Å². The van der Waals surface area contributed by atoms with Gasteiger partial charge in [-0.25, -0.2) is 0 Å². The molecule has 0 aromatic carbocycles. The van der Waals surface area contributed by atoms with Crippen molar-refractivity contribution in [3.05, 3.63) is 0 Å². The summed E-state index contributed by atoms with van der Waals surface area (Å²) in [5.74, 6) is 0. The third-order valence-corrected chi connectivity index (χ3v) is 4.15. The van der Waals surface area contributed by atoms with Gasteiger partial charge in [-0.1, -0.05) is 27.7 Å². The maximum atomic E-state index is 5.95. The van der Waals surface area contributed by atoms with Gasteiger partial charge in [-0.05, 0) is 33.0 Å². The molecule has 0 aliphatic heterocycles. The lowest BCUT2D eigenvalue weighted by Crippen LogP contribution is -2.53. The van der Waals surface area contributed by atoms with Crippen molar-refractivity contribution in [2.75, 3.05) is 39.8 Å². The molecule has 0 aliphatic carbocycles. The molecule has 2 N–H and O–H groups in total. The molecule has 0 radical (unpaired) electrons.